The second-order valence-corrected chi connectivity index (χ2v) is 6.01. The van der Waals surface area contributed by atoms with Crippen molar-refractivity contribution in [3.8, 4) is 0 Å². The zero-order valence-corrected chi connectivity index (χ0v) is 14.5. The molecule has 2 aromatic rings. The first kappa shape index (κ1) is 19.7. The molecule has 1 atom stereocenters. The van der Waals surface area contributed by atoms with E-state index in [-0.39, 0.29) is 25.0 Å². The summed E-state index contributed by atoms with van der Waals surface area (Å²) in [4.78, 5) is 6.30. The van der Waals surface area contributed by atoms with Gasteiger partial charge in [-0.15, -0.1) is 12.4 Å². The fourth-order valence-corrected chi connectivity index (χ4v) is 2.76. The van der Waals surface area contributed by atoms with E-state index in [1.165, 1.54) is 12.1 Å². The number of aromatic nitrogens is 2. The molecule has 25 heavy (non-hydrogen) atoms. The third-order valence-electron chi connectivity index (χ3n) is 4.22. The molecular weight excluding hydrogens is 357 g/mol. The maximum atomic E-state index is 12.9. The summed E-state index contributed by atoms with van der Waals surface area (Å²) in [6, 6.07) is 5.61. The Bertz CT molecular complexity index is 703. The largest absolute Gasteiger partial charge is 0.416 e. The van der Waals surface area contributed by atoms with Gasteiger partial charge in [-0.25, -0.2) is 0 Å². The molecule has 1 aliphatic rings. The summed E-state index contributed by atoms with van der Waals surface area (Å²) in [6.07, 6.45) is -2.31. The van der Waals surface area contributed by atoms with Crippen molar-refractivity contribution < 1.29 is 17.7 Å². The second kappa shape index (κ2) is 7.72. The van der Waals surface area contributed by atoms with E-state index in [4.69, 9.17) is 10.3 Å². The molecule has 2 N–H and O–H groups in total. The maximum absolute atomic E-state index is 12.9. The quantitative estimate of drug-likeness (QED) is 0.832. The van der Waals surface area contributed by atoms with E-state index >= 15 is 0 Å². The van der Waals surface area contributed by atoms with Crippen molar-refractivity contribution in [3.63, 3.8) is 0 Å². The van der Waals surface area contributed by atoms with Gasteiger partial charge in [0.1, 0.15) is 0 Å². The van der Waals surface area contributed by atoms with Crippen LogP contribution in [0.1, 0.15) is 48.6 Å². The molecule has 0 amide bonds. The van der Waals surface area contributed by atoms with Crippen molar-refractivity contribution in [1.29, 1.82) is 0 Å². The molecule has 5 nitrogen and oxygen atoms in total. The highest BCUT2D eigenvalue weighted by molar-refractivity contribution is 5.85. The van der Waals surface area contributed by atoms with E-state index in [1.54, 1.807) is 6.07 Å². The molecule has 0 spiro atoms. The van der Waals surface area contributed by atoms with Gasteiger partial charge in [-0.3, -0.25) is 4.90 Å². The van der Waals surface area contributed by atoms with Crippen molar-refractivity contribution in [2.24, 2.45) is 5.73 Å². The Labute approximate surface area is 149 Å². The van der Waals surface area contributed by atoms with Crippen molar-refractivity contribution in [2.75, 3.05) is 0 Å². The molecule has 1 aromatic heterocycles. The molecule has 9 heteroatoms. The van der Waals surface area contributed by atoms with E-state index in [0.717, 1.165) is 18.9 Å². The first-order valence-corrected chi connectivity index (χ1v) is 7.83. The molecule has 1 aliphatic carbocycles. The lowest BCUT2D eigenvalue weighted by molar-refractivity contribution is -0.137. The molecular formula is C16H20ClF3N4O. The van der Waals surface area contributed by atoms with Crippen molar-refractivity contribution >= 4 is 12.4 Å². The van der Waals surface area contributed by atoms with Gasteiger partial charge in [-0.05, 0) is 37.5 Å². The normalized spacial score (nSPS) is 15.9. The zero-order valence-electron chi connectivity index (χ0n) is 13.7. The summed E-state index contributed by atoms with van der Waals surface area (Å²) in [5, 5.41) is 3.88. The van der Waals surface area contributed by atoms with E-state index in [1.807, 2.05) is 6.92 Å². The van der Waals surface area contributed by atoms with Crippen LogP contribution in [0.3, 0.4) is 0 Å². The van der Waals surface area contributed by atoms with Crippen LogP contribution in [0.4, 0.5) is 13.2 Å². The highest BCUT2D eigenvalue weighted by Gasteiger charge is 2.35. The Hall–Kier alpha value is -1.64. The Balaban J connectivity index is 0.00000225. The monoisotopic (exact) mass is 376 g/mol. The zero-order chi connectivity index (χ0) is 17.3. The first-order valence-electron chi connectivity index (χ1n) is 7.83. The van der Waals surface area contributed by atoms with Crippen LogP contribution in [-0.4, -0.2) is 21.1 Å². The molecule has 0 saturated heterocycles. The number of hydrogen-bond acceptors (Lipinski definition) is 5. The summed E-state index contributed by atoms with van der Waals surface area (Å²) in [7, 11) is 0. The number of halogens is 4. The van der Waals surface area contributed by atoms with Gasteiger partial charge in [0.05, 0.1) is 18.7 Å². The number of hydrogen-bond donors (Lipinski definition) is 1. The Morgan fingerprint density at radius 1 is 1.36 bits per heavy atom. The minimum absolute atomic E-state index is 0. The SMILES string of the molecule is CC(c1cccc(C(F)(F)F)c1)N(Cc1noc(CN)n1)C1CC1.Cl. The number of nitrogens with two attached hydrogens (primary N) is 1. The minimum atomic E-state index is -4.34. The van der Waals surface area contributed by atoms with Gasteiger partial charge in [0, 0.05) is 12.1 Å². The fourth-order valence-electron chi connectivity index (χ4n) is 2.76. The molecule has 3 rings (SSSR count). The summed E-state index contributed by atoms with van der Waals surface area (Å²) in [6.45, 7) is 2.49. The van der Waals surface area contributed by atoms with Crippen LogP contribution >= 0.6 is 12.4 Å². The van der Waals surface area contributed by atoms with Crippen LogP contribution in [-0.2, 0) is 19.3 Å². The number of alkyl halides is 3. The van der Waals surface area contributed by atoms with E-state index in [0.29, 0.717) is 29.9 Å². The van der Waals surface area contributed by atoms with Crippen LogP contribution in [0.2, 0.25) is 0 Å². The highest BCUT2D eigenvalue weighted by atomic mass is 35.5. The van der Waals surface area contributed by atoms with Gasteiger partial charge >= 0.3 is 6.18 Å². The predicted octanol–water partition coefficient (Wildman–Crippen LogP) is 3.69. The fraction of sp³-hybridized carbons (Fsp3) is 0.500. The first-order chi connectivity index (χ1) is 11.4. The summed E-state index contributed by atoms with van der Waals surface area (Å²) in [5.41, 5.74) is 5.45. The van der Waals surface area contributed by atoms with Crippen molar-refractivity contribution in [2.45, 2.75) is 51.1 Å². The molecule has 138 valence electrons. The molecule has 0 aliphatic heterocycles. The summed E-state index contributed by atoms with van der Waals surface area (Å²) >= 11 is 0. The molecule has 1 fully saturated rings. The van der Waals surface area contributed by atoms with Crippen LogP contribution in [0.15, 0.2) is 28.8 Å². The molecule has 0 radical (unpaired) electrons. The average molecular weight is 377 g/mol. The lowest BCUT2D eigenvalue weighted by Crippen LogP contribution is -2.29. The summed E-state index contributed by atoms with van der Waals surface area (Å²) in [5.74, 6) is 0.855. The molecule has 0 bridgehead atoms. The smallest absolute Gasteiger partial charge is 0.338 e. The standard InChI is InChI=1S/C16H19F3N4O.ClH/c1-10(11-3-2-4-12(7-11)16(17,18)19)23(13-5-6-13)9-14-21-15(8-20)24-22-14;/h2-4,7,10,13H,5-6,8-9,20H2,1H3;1H. The summed E-state index contributed by atoms with van der Waals surface area (Å²) < 4.78 is 43.8. The topological polar surface area (TPSA) is 68.2 Å². The Morgan fingerprint density at radius 2 is 2.08 bits per heavy atom. The van der Waals surface area contributed by atoms with Gasteiger partial charge in [0.25, 0.3) is 0 Å². The second-order valence-electron chi connectivity index (χ2n) is 6.01. The molecule has 1 heterocycles. The lowest BCUT2D eigenvalue weighted by atomic mass is 10.0. The highest BCUT2D eigenvalue weighted by Crippen LogP contribution is 2.37. The number of rotatable bonds is 6. The van der Waals surface area contributed by atoms with Crippen molar-refractivity contribution in [3.05, 3.63) is 47.1 Å². The number of benzene rings is 1. The van der Waals surface area contributed by atoms with Crippen LogP contribution < -0.4 is 5.73 Å². The van der Waals surface area contributed by atoms with Gasteiger partial charge in [0.2, 0.25) is 5.89 Å². The van der Waals surface area contributed by atoms with E-state index in [2.05, 4.69) is 15.0 Å². The third kappa shape index (κ3) is 4.71. The van der Waals surface area contributed by atoms with Gasteiger partial charge in [-0.1, -0.05) is 17.3 Å². The Morgan fingerprint density at radius 3 is 2.64 bits per heavy atom. The van der Waals surface area contributed by atoms with Crippen LogP contribution in [0.5, 0.6) is 0 Å². The minimum Gasteiger partial charge on any atom is -0.338 e. The van der Waals surface area contributed by atoms with Crippen LogP contribution in [0.25, 0.3) is 0 Å². The van der Waals surface area contributed by atoms with E-state index < -0.39 is 11.7 Å². The van der Waals surface area contributed by atoms with Crippen molar-refractivity contribution in [1.82, 2.24) is 15.0 Å². The molecule has 1 saturated carbocycles. The van der Waals surface area contributed by atoms with Gasteiger partial charge in [-0.2, -0.15) is 18.2 Å². The lowest BCUT2D eigenvalue weighted by Gasteiger charge is -2.28. The van der Waals surface area contributed by atoms with Gasteiger partial charge in [0.15, 0.2) is 5.82 Å². The predicted molar refractivity (Wildman–Crippen MR) is 87.9 cm³/mol. The van der Waals surface area contributed by atoms with Crippen LogP contribution in [0, 0.1) is 0 Å². The molecule has 1 aromatic carbocycles. The Kier molecular flexibility index (Phi) is 6.08. The van der Waals surface area contributed by atoms with Gasteiger partial charge < -0.3 is 10.3 Å². The third-order valence-corrected chi connectivity index (χ3v) is 4.22. The van der Waals surface area contributed by atoms with E-state index in [9.17, 15) is 13.2 Å². The maximum Gasteiger partial charge on any atom is 0.416 e. The molecule has 1 unspecified atom stereocenters. The number of nitrogens with zero attached hydrogens (tertiary/aromatic N) is 3. The average Bonchev–Trinajstić information content (AvgIpc) is 3.30.